The normalized spacial score (nSPS) is 14.6. The molecule has 0 saturated heterocycles. The Morgan fingerprint density at radius 1 is 1.07 bits per heavy atom. The van der Waals surface area contributed by atoms with Gasteiger partial charge in [0.25, 0.3) is 11.8 Å². The van der Waals surface area contributed by atoms with E-state index in [1.807, 2.05) is 10.8 Å². The van der Waals surface area contributed by atoms with Crippen LogP contribution in [0.5, 0.6) is 23.1 Å². The Morgan fingerprint density at radius 2 is 1.93 bits per heavy atom. The standard InChI is InChI=1S/C31H30N4O6/c1-38-26-16-23-28(34-31(26)39-2)25(12-13-32-23)41-21-10-8-20(9-11-21)33-30(37)27-24-18-40-15-14-35(24)17-22(29(27)36)19-6-4-3-5-7-19/h6,8-13,16-17H,3-5,7,14-15,18H2,1-2H3,(H,33,37). The molecule has 0 bridgehead atoms. The number of hydrogen-bond acceptors (Lipinski definition) is 8. The van der Waals surface area contributed by atoms with Gasteiger partial charge in [-0.15, -0.1) is 0 Å². The first-order valence-electron chi connectivity index (χ1n) is 13.6. The molecule has 0 fully saturated rings. The number of benzene rings is 1. The number of amides is 1. The van der Waals surface area contributed by atoms with Crippen LogP contribution < -0.4 is 25.0 Å². The molecule has 2 aliphatic rings. The average Bonchev–Trinajstić information content (AvgIpc) is 3.01. The second-order valence-electron chi connectivity index (χ2n) is 9.87. The fourth-order valence-corrected chi connectivity index (χ4v) is 5.25. The second-order valence-corrected chi connectivity index (χ2v) is 9.87. The maximum absolute atomic E-state index is 13.6. The number of nitrogens with zero attached hydrogens (tertiary/aromatic N) is 3. The first kappa shape index (κ1) is 26.5. The Kier molecular flexibility index (Phi) is 7.39. The zero-order chi connectivity index (χ0) is 28.3. The van der Waals surface area contributed by atoms with Gasteiger partial charge < -0.3 is 28.8 Å². The second kappa shape index (κ2) is 11.4. The predicted octanol–water partition coefficient (Wildman–Crippen LogP) is 5.34. The van der Waals surface area contributed by atoms with Crippen molar-refractivity contribution in [3.63, 3.8) is 0 Å². The molecular weight excluding hydrogens is 524 g/mol. The van der Waals surface area contributed by atoms with Gasteiger partial charge in [0, 0.05) is 42.3 Å². The molecule has 10 nitrogen and oxygen atoms in total. The number of allylic oxidation sites excluding steroid dienone is 2. The van der Waals surface area contributed by atoms with Crippen molar-refractivity contribution in [2.75, 3.05) is 26.1 Å². The Balaban J connectivity index is 1.25. The van der Waals surface area contributed by atoms with E-state index in [-0.39, 0.29) is 17.6 Å². The number of pyridine rings is 3. The van der Waals surface area contributed by atoms with Crippen molar-refractivity contribution in [3.8, 4) is 23.1 Å². The van der Waals surface area contributed by atoms with E-state index in [0.717, 1.165) is 31.3 Å². The van der Waals surface area contributed by atoms with Crippen LogP contribution in [-0.4, -0.2) is 41.3 Å². The minimum atomic E-state index is -0.457. The number of hydrogen-bond donors (Lipinski definition) is 1. The molecule has 0 saturated carbocycles. The molecule has 1 aliphatic heterocycles. The Bertz CT molecular complexity index is 1710. The third-order valence-electron chi connectivity index (χ3n) is 7.33. The number of ether oxygens (including phenoxy) is 4. The van der Waals surface area contributed by atoms with E-state index in [1.165, 1.54) is 14.2 Å². The summed E-state index contributed by atoms with van der Waals surface area (Å²) in [4.78, 5) is 36.0. The summed E-state index contributed by atoms with van der Waals surface area (Å²) in [5, 5.41) is 2.89. The molecule has 1 amide bonds. The summed E-state index contributed by atoms with van der Waals surface area (Å²) in [5.74, 6) is 1.35. The van der Waals surface area contributed by atoms with Crippen molar-refractivity contribution < 1.29 is 23.7 Å². The monoisotopic (exact) mass is 554 g/mol. The third kappa shape index (κ3) is 5.26. The Labute approximate surface area is 236 Å². The lowest BCUT2D eigenvalue weighted by Gasteiger charge is -2.24. The topological polar surface area (TPSA) is 114 Å². The largest absolute Gasteiger partial charge is 0.491 e. The number of carbonyl (C=O) groups excluding carboxylic acids is 1. The van der Waals surface area contributed by atoms with E-state index < -0.39 is 5.91 Å². The molecule has 0 atom stereocenters. The van der Waals surface area contributed by atoms with Crippen LogP contribution in [0, 0.1) is 0 Å². The molecule has 4 heterocycles. The fraction of sp³-hybridized carbons (Fsp3) is 0.290. The summed E-state index contributed by atoms with van der Waals surface area (Å²) >= 11 is 0. The van der Waals surface area contributed by atoms with Crippen LogP contribution >= 0.6 is 0 Å². The van der Waals surface area contributed by atoms with Gasteiger partial charge in [0.2, 0.25) is 5.43 Å². The van der Waals surface area contributed by atoms with Gasteiger partial charge in [-0.05, 0) is 55.5 Å². The maximum atomic E-state index is 13.6. The number of aromatic nitrogens is 3. The quantitative estimate of drug-likeness (QED) is 0.326. The van der Waals surface area contributed by atoms with Crippen molar-refractivity contribution in [2.24, 2.45) is 0 Å². The van der Waals surface area contributed by atoms with E-state index in [9.17, 15) is 9.59 Å². The fourth-order valence-electron chi connectivity index (χ4n) is 5.25. The van der Waals surface area contributed by atoms with E-state index in [0.29, 0.717) is 64.3 Å². The first-order valence-corrected chi connectivity index (χ1v) is 13.6. The van der Waals surface area contributed by atoms with E-state index in [4.69, 9.17) is 18.9 Å². The molecule has 0 unspecified atom stereocenters. The average molecular weight is 555 g/mol. The van der Waals surface area contributed by atoms with Crippen molar-refractivity contribution in [1.82, 2.24) is 14.5 Å². The number of methoxy groups -OCH3 is 2. The summed E-state index contributed by atoms with van der Waals surface area (Å²) in [6.07, 6.45) is 9.59. The highest BCUT2D eigenvalue weighted by molar-refractivity contribution is 6.05. The van der Waals surface area contributed by atoms with Gasteiger partial charge in [-0.1, -0.05) is 6.08 Å². The lowest BCUT2D eigenvalue weighted by Crippen LogP contribution is -2.32. The van der Waals surface area contributed by atoms with E-state index >= 15 is 0 Å². The molecule has 41 heavy (non-hydrogen) atoms. The lowest BCUT2D eigenvalue weighted by atomic mass is 9.92. The summed E-state index contributed by atoms with van der Waals surface area (Å²) in [6, 6.07) is 10.4. The van der Waals surface area contributed by atoms with Gasteiger partial charge in [-0.2, -0.15) is 0 Å². The molecule has 0 spiro atoms. The highest BCUT2D eigenvalue weighted by Gasteiger charge is 2.25. The van der Waals surface area contributed by atoms with Crippen molar-refractivity contribution in [2.45, 2.75) is 38.8 Å². The summed E-state index contributed by atoms with van der Waals surface area (Å²) < 4.78 is 24.3. The zero-order valence-electron chi connectivity index (χ0n) is 22.9. The SMILES string of the molecule is COc1cc2nccc(Oc3ccc(NC(=O)c4c5n(cc(C6=CCCCC6)c4=O)CCOC5)cc3)c2nc1OC. The van der Waals surface area contributed by atoms with Gasteiger partial charge in [0.05, 0.1) is 38.6 Å². The lowest BCUT2D eigenvalue weighted by molar-refractivity contribution is 0.0807. The molecule has 1 aliphatic carbocycles. The smallest absolute Gasteiger partial charge is 0.261 e. The Hall–Kier alpha value is -4.70. The van der Waals surface area contributed by atoms with Crippen LogP contribution in [0.2, 0.25) is 0 Å². The minimum Gasteiger partial charge on any atom is -0.491 e. The molecule has 6 rings (SSSR count). The molecule has 3 aromatic heterocycles. The predicted molar refractivity (Wildman–Crippen MR) is 154 cm³/mol. The van der Waals surface area contributed by atoms with Gasteiger partial charge >= 0.3 is 0 Å². The number of anilines is 1. The molecular formula is C31H30N4O6. The van der Waals surface area contributed by atoms with Gasteiger partial charge in [0.15, 0.2) is 11.5 Å². The number of fused-ring (bicyclic) bond motifs is 2. The van der Waals surface area contributed by atoms with E-state index in [2.05, 4.69) is 21.4 Å². The van der Waals surface area contributed by atoms with Crippen molar-refractivity contribution in [1.29, 1.82) is 0 Å². The molecule has 210 valence electrons. The minimum absolute atomic E-state index is 0.132. The van der Waals surface area contributed by atoms with E-state index in [1.54, 1.807) is 42.6 Å². The van der Waals surface area contributed by atoms with Crippen LogP contribution in [0.15, 0.2) is 59.7 Å². The number of carbonyl (C=O) groups is 1. The van der Waals surface area contributed by atoms with Crippen molar-refractivity contribution in [3.05, 3.63) is 81.9 Å². The van der Waals surface area contributed by atoms with Crippen LogP contribution in [0.25, 0.3) is 16.6 Å². The Morgan fingerprint density at radius 3 is 2.68 bits per heavy atom. The number of rotatable bonds is 7. The first-order chi connectivity index (χ1) is 20.1. The summed E-state index contributed by atoms with van der Waals surface area (Å²) in [7, 11) is 3.05. The summed E-state index contributed by atoms with van der Waals surface area (Å²) in [5.41, 5.74) is 3.75. The third-order valence-corrected chi connectivity index (χ3v) is 7.33. The maximum Gasteiger partial charge on any atom is 0.261 e. The number of nitrogens with one attached hydrogen (secondary N) is 1. The highest BCUT2D eigenvalue weighted by Crippen LogP contribution is 2.34. The van der Waals surface area contributed by atoms with Crippen molar-refractivity contribution >= 4 is 28.2 Å². The van der Waals surface area contributed by atoms with Gasteiger partial charge in [0.1, 0.15) is 16.8 Å². The van der Waals surface area contributed by atoms with Gasteiger partial charge in [-0.25, -0.2) is 4.98 Å². The molecule has 10 heteroatoms. The van der Waals surface area contributed by atoms with Crippen LogP contribution in [-0.2, 0) is 17.9 Å². The molecule has 4 aromatic rings. The zero-order valence-corrected chi connectivity index (χ0v) is 22.9. The van der Waals surface area contributed by atoms with Gasteiger partial charge in [-0.3, -0.25) is 14.6 Å². The van der Waals surface area contributed by atoms with Crippen LogP contribution in [0.4, 0.5) is 5.69 Å². The summed E-state index contributed by atoms with van der Waals surface area (Å²) in [6.45, 7) is 1.35. The van der Waals surface area contributed by atoms with Crippen LogP contribution in [0.3, 0.4) is 0 Å². The molecule has 1 N–H and O–H groups in total. The molecule has 1 aromatic carbocycles. The highest BCUT2D eigenvalue weighted by atomic mass is 16.5. The van der Waals surface area contributed by atoms with Crippen LogP contribution in [0.1, 0.15) is 47.3 Å². The molecule has 0 radical (unpaired) electrons.